The van der Waals surface area contributed by atoms with Crippen LogP contribution in [0, 0.1) is 12.7 Å². The second-order valence-electron chi connectivity index (χ2n) is 3.32. The molecule has 1 unspecified atom stereocenters. The summed E-state index contributed by atoms with van der Waals surface area (Å²) in [7, 11) is 0. The summed E-state index contributed by atoms with van der Waals surface area (Å²) in [5.41, 5.74) is 0.511. The summed E-state index contributed by atoms with van der Waals surface area (Å²) < 4.78 is 24.1. The molecule has 0 bridgehead atoms. The molecule has 0 aliphatic carbocycles. The SMILES string of the molecule is [CH2][C@H]1OC(C)O[C@@H]1c1ccccc1F. The summed E-state index contributed by atoms with van der Waals surface area (Å²) in [5, 5.41) is 0. The van der Waals surface area contributed by atoms with E-state index in [9.17, 15) is 4.39 Å². The molecule has 1 aromatic carbocycles. The smallest absolute Gasteiger partial charge is 0.156 e. The van der Waals surface area contributed by atoms with Crippen LogP contribution in [0.4, 0.5) is 4.39 Å². The van der Waals surface area contributed by atoms with Gasteiger partial charge in [0.05, 0.1) is 6.10 Å². The molecular weight excluding hydrogens is 183 g/mol. The summed E-state index contributed by atoms with van der Waals surface area (Å²) in [6.07, 6.45) is -1.06. The van der Waals surface area contributed by atoms with Crippen LogP contribution in [0.15, 0.2) is 24.3 Å². The number of benzene rings is 1. The van der Waals surface area contributed by atoms with Crippen LogP contribution >= 0.6 is 0 Å². The van der Waals surface area contributed by atoms with Crippen LogP contribution in [-0.4, -0.2) is 12.4 Å². The van der Waals surface area contributed by atoms with Gasteiger partial charge in [0, 0.05) is 5.56 Å². The first-order valence-corrected chi connectivity index (χ1v) is 4.57. The van der Waals surface area contributed by atoms with Crippen molar-refractivity contribution in [1.82, 2.24) is 0 Å². The van der Waals surface area contributed by atoms with Gasteiger partial charge in [-0.05, 0) is 19.9 Å². The average Bonchev–Trinajstić information content (AvgIpc) is 2.46. The van der Waals surface area contributed by atoms with E-state index in [1.807, 2.05) is 0 Å². The first-order chi connectivity index (χ1) is 6.68. The summed E-state index contributed by atoms with van der Waals surface area (Å²) in [6, 6.07) is 6.53. The van der Waals surface area contributed by atoms with Gasteiger partial charge in [-0.2, -0.15) is 0 Å². The van der Waals surface area contributed by atoms with Crippen molar-refractivity contribution in [3.63, 3.8) is 0 Å². The Labute approximate surface area is 82.6 Å². The molecule has 0 amide bonds. The Morgan fingerprint density at radius 1 is 1.29 bits per heavy atom. The predicted octanol–water partition coefficient (Wildman–Crippen LogP) is 2.46. The number of hydrogen-bond donors (Lipinski definition) is 0. The Morgan fingerprint density at radius 3 is 2.57 bits per heavy atom. The lowest BCUT2D eigenvalue weighted by Gasteiger charge is -2.13. The molecule has 75 valence electrons. The van der Waals surface area contributed by atoms with Crippen LogP contribution in [0.5, 0.6) is 0 Å². The Morgan fingerprint density at radius 2 is 2.00 bits per heavy atom. The van der Waals surface area contributed by atoms with E-state index < -0.39 is 6.10 Å². The van der Waals surface area contributed by atoms with Gasteiger partial charge in [-0.25, -0.2) is 4.39 Å². The monoisotopic (exact) mass is 195 g/mol. The van der Waals surface area contributed by atoms with E-state index in [1.54, 1.807) is 25.1 Å². The summed E-state index contributed by atoms with van der Waals surface area (Å²) >= 11 is 0. The maximum atomic E-state index is 13.4. The molecule has 2 rings (SSSR count). The van der Waals surface area contributed by atoms with Crippen LogP contribution < -0.4 is 0 Å². The van der Waals surface area contributed by atoms with Crippen molar-refractivity contribution in [2.24, 2.45) is 0 Å². The number of rotatable bonds is 1. The lowest BCUT2D eigenvalue weighted by atomic mass is 10.1. The van der Waals surface area contributed by atoms with Crippen molar-refractivity contribution in [3.8, 4) is 0 Å². The van der Waals surface area contributed by atoms with Gasteiger partial charge in [-0.15, -0.1) is 0 Å². The standard InChI is InChI=1S/C11H12FO2/c1-7-11(14-8(2)13-7)9-5-3-4-6-10(9)12/h3-8,11H,1H2,2H3/t7-,8?,11+/m1/s1. The van der Waals surface area contributed by atoms with Gasteiger partial charge in [0.1, 0.15) is 11.9 Å². The quantitative estimate of drug-likeness (QED) is 0.685. The van der Waals surface area contributed by atoms with Gasteiger partial charge >= 0.3 is 0 Å². The second kappa shape index (κ2) is 3.67. The molecule has 1 saturated heterocycles. The molecule has 1 aliphatic heterocycles. The molecule has 1 aromatic rings. The molecular formula is C11H12FO2. The fraction of sp³-hybridized carbons (Fsp3) is 0.364. The highest BCUT2D eigenvalue weighted by atomic mass is 19.1. The minimum Gasteiger partial charge on any atom is -0.347 e. The zero-order valence-electron chi connectivity index (χ0n) is 7.94. The Kier molecular flexibility index (Phi) is 2.52. The highest BCUT2D eigenvalue weighted by Gasteiger charge is 2.33. The molecule has 0 saturated carbocycles. The fourth-order valence-corrected chi connectivity index (χ4v) is 1.62. The zero-order valence-corrected chi connectivity index (χ0v) is 7.94. The molecule has 1 aliphatic rings. The minimum absolute atomic E-state index is 0.274. The maximum absolute atomic E-state index is 13.4. The van der Waals surface area contributed by atoms with Crippen molar-refractivity contribution >= 4 is 0 Å². The molecule has 0 N–H and O–H groups in total. The van der Waals surface area contributed by atoms with Crippen LogP contribution in [0.25, 0.3) is 0 Å². The molecule has 0 aromatic heterocycles. The van der Waals surface area contributed by atoms with Crippen LogP contribution in [-0.2, 0) is 9.47 Å². The van der Waals surface area contributed by atoms with Gasteiger partial charge in [0.2, 0.25) is 0 Å². The van der Waals surface area contributed by atoms with Crippen molar-refractivity contribution in [1.29, 1.82) is 0 Å². The van der Waals surface area contributed by atoms with Crippen molar-refractivity contribution in [2.75, 3.05) is 0 Å². The highest BCUT2D eigenvalue weighted by molar-refractivity contribution is 5.22. The fourth-order valence-electron chi connectivity index (χ4n) is 1.62. The normalized spacial score (nSPS) is 32.1. The third-order valence-corrected chi connectivity index (χ3v) is 2.25. The van der Waals surface area contributed by atoms with Gasteiger partial charge in [-0.1, -0.05) is 18.2 Å². The molecule has 1 heterocycles. The second-order valence-corrected chi connectivity index (χ2v) is 3.32. The third kappa shape index (κ3) is 1.65. The van der Waals surface area contributed by atoms with E-state index in [4.69, 9.17) is 9.47 Å². The van der Waals surface area contributed by atoms with Crippen molar-refractivity contribution < 1.29 is 13.9 Å². The van der Waals surface area contributed by atoms with E-state index in [2.05, 4.69) is 6.92 Å². The van der Waals surface area contributed by atoms with Gasteiger partial charge in [0.25, 0.3) is 0 Å². The lowest BCUT2D eigenvalue weighted by molar-refractivity contribution is -0.0478. The molecule has 0 spiro atoms. The van der Waals surface area contributed by atoms with E-state index in [-0.39, 0.29) is 18.2 Å². The van der Waals surface area contributed by atoms with Crippen molar-refractivity contribution in [2.45, 2.75) is 25.4 Å². The van der Waals surface area contributed by atoms with Crippen LogP contribution in [0.3, 0.4) is 0 Å². The lowest BCUT2D eigenvalue weighted by Crippen LogP contribution is -2.12. The summed E-state index contributed by atoms with van der Waals surface area (Å²) in [4.78, 5) is 0. The highest BCUT2D eigenvalue weighted by Crippen LogP contribution is 2.32. The third-order valence-electron chi connectivity index (χ3n) is 2.25. The molecule has 14 heavy (non-hydrogen) atoms. The molecule has 1 fully saturated rings. The van der Waals surface area contributed by atoms with Gasteiger partial charge in [-0.3, -0.25) is 0 Å². The van der Waals surface area contributed by atoms with E-state index in [1.165, 1.54) is 6.07 Å². The van der Waals surface area contributed by atoms with Gasteiger partial charge in [0.15, 0.2) is 6.29 Å². The molecule has 1 radical (unpaired) electrons. The Bertz CT molecular complexity index is 327. The van der Waals surface area contributed by atoms with E-state index in [0.29, 0.717) is 5.56 Å². The van der Waals surface area contributed by atoms with E-state index >= 15 is 0 Å². The predicted molar refractivity (Wildman–Crippen MR) is 49.9 cm³/mol. The maximum Gasteiger partial charge on any atom is 0.156 e. The van der Waals surface area contributed by atoms with Crippen molar-refractivity contribution in [3.05, 3.63) is 42.6 Å². The minimum atomic E-state index is -0.397. The average molecular weight is 195 g/mol. The largest absolute Gasteiger partial charge is 0.347 e. The first kappa shape index (κ1) is 9.62. The molecule has 3 heteroatoms. The number of hydrogen-bond acceptors (Lipinski definition) is 2. The topological polar surface area (TPSA) is 18.5 Å². The Balaban J connectivity index is 2.27. The van der Waals surface area contributed by atoms with E-state index in [0.717, 1.165) is 0 Å². The molecule has 2 nitrogen and oxygen atoms in total. The summed E-state index contributed by atoms with van der Waals surface area (Å²) in [6.45, 7) is 5.55. The Hall–Kier alpha value is -0.930. The molecule has 3 atom stereocenters. The van der Waals surface area contributed by atoms with Crippen LogP contribution in [0.1, 0.15) is 18.6 Å². The number of halogens is 1. The first-order valence-electron chi connectivity index (χ1n) is 4.57. The van der Waals surface area contributed by atoms with Crippen LogP contribution in [0.2, 0.25) is 0 Å². The number of ether oxygens (including phenoxy) is 2. The summed E-state index contributed by atoms with van der Waals surface area (Å²) in [5.74, 6) is -0.274. The zero-order chi connectivity index (χ0) is 10.1. The van der Waals surface area contributed by atoms with Gasteiger partial charge < -0.3 is 9.47 Å².